The molecule has 164 valence electrons. The first-order valence-electron chi connectivity index (χ1n) is 11.8. The molecule has 2 aliphatic heterocycles. The van der Waals surface area contributed by atoms with Crippen LogP contribution in [0.25, 0.3) is 0 Å². The number of piperidine rings is 1. The van der Waals surface area contributed by atoms with Crippen molar-refractivity contribution >= 4 is 11.8 Å². The molecule has 2 atom stereocenters. The van der Waals surface area contributed by atoms with E-state index < -0.39 is 0 Å². The Bertz CT molecular complexity index is 723. The first kappa shape index (κ1) is 21.2. The number of ether oxygens (including phenoxy) is 1. The number of carbonyl (C=O) groups is 2. The second kappa shape index (κ2) is 9.40. The minimum absolute atomic E-state index is 0.0654. The molecule has 0 spiro atoms. The van der Waals surface area contributed by atoms with Gasteiger partial charge < -0.3 is 14.5 Å². The van der Waals surface area contributed by atoms with Crippen molar-refractivity contribution < 1.29 is 14.3 Å². The fourth-order valence-corrected chi connectivity index (χ4v) is 5.14. The lowest BCUT2D eigenvalue weighted by Crippen LogP contribution is -2.43. The van der Waals surface area contributed by atoms with E-state index in [0.717, 1.165) is 51.2 Å². The van der Waals surface area contributed by atoms with Gasteiger partial charge in [-0.15, -0.1) is 0 Å². The molecule has 1 aromatic rings. The van der Waals surface area contributed by atoms with Crippen LogP contribution < -0.4 is 4.74 Å². The molecule has 2 saturated heterocycles. The third kappa shape index (κ3) is 5.16. The molecule has 1 aliphatic carbocycles. The number of nitrogens with zero attached hydrogens (tertiary/aromatic N) is 2. The largest absolute Gasteiger partial charge is 0.493 e. The van der Waals surface area contributed by atoms with Crippen molar-refractivity contribution in [3.63, 3.8) is 0 Å². The lowest BCUT2D eigenvalue weighted by Gasteiger charge is -2.37. The van der Waals surface area contributed by atoms with E-state index >= 15 is 0 Å². The maximum absolute atomic E-state index is 12.8. The maximum atomic E-state index is 12.8. The van der Waals surface area contributed by atoms with Crippen LogP contribution in [-0.4, -0.2) is 54.4 Å². The van der Waals surface area contributed by atoms with Crippen LogP contribution in [-0.2, 0) is 9.59 Å². The summed E-state index contributed by atoms with van der Waals surface area (Å²) in [5, 5.41) is 0. The van der Waals surface area contributed by atoms with E-state index in [1.807, 2.05) is 49.1 Å². The summed E-state index contributed by atoms with van der Waals surface area (Å²) in [5.41, 5.74) is 0. The Morgan fingerprint density at radius 3 is 2.33 bits per heavy atom. The molecule has 30 heavy (non-hydrogen) atoms. The van der Waals surface area contributed by atoms with Gasteiger partial charge in [0.05, 0.1) is 6.61 Å². The fraction of sp³-hybridized carbons (Fsp3) is 0.680. The van der Waals surface area contributed by atoms with Gasteiger partial charge in [-0.1, -0.05) is 32.0 Å². The second-order valence-electron chi connectivity index (χ2n) is 9.81. The molecule has 3 aliphatic rings. The third-order valence-electron chi connectivity index (χ3n) is 7.16. The molecule has 0 bridgehead atoms. The van der Waals surface area contributed by atoms with E-state index in [0.29, 0.717) is 36.2 Å². The molecule has 4 rings (SSSR count). The molecule has 5 nitrogen and oxygen atoms in total. The maximum Gasteiger partial charge on any atom is 0.225 e. The van der Waals surface area contributed by atoms with Crippen LogP contribution in [0.3, 0.4) is 0 Å². The summed E-state index contributed by atoms with van der Waals surface area (Å²) in [7, 11) is 0. The van der Waals surface area contributed by atoms with Crippen molar-refractivity contribution in [1.82, 2.24) is 9.80 Å². The zero-order chi connectivity index (χ0) is 21.1. The van der Waals surface area contributed by atoms with E-state index in [1.54, 1.807) is 0 Å². The minimum Gasteiger partial charge on any atom is -0.493 e. The Kier molecular flexibility index (Phi) is 6.64. The summed E-state index contributed by atoms with van der Waals surface area (Å²) < 4.78 is 6.12. The van der Waals surface area contributed by atoms with Crippen molar-refractivity contribution in [1.29, 1.82) is 0 Å². The standard InChI is InChI=1S/C25H36N2O3/c1-18(2)25(29)26-12-10-20(11-13-26)23-16-27(24(28)14-19-8-9-19)15-21(23)17-30-22-6-4-3-5-7-22/h3-7,18-21,23H,8-17H2,1-2H3/t21-,23-/m0/s1. The predicted octanol–water partition coefficient (Wildman–Crippen LogP) is 3.83. The Hall–Kier alpha value is -2.04. The lowest BCUT2D eigenvalue weighted by molar-refractivity contribution is -0.136. The van der Waals surface area contributed by atoms with Gasteiger partial charge in [0.25, 0.3) is 0 Å². The number of likely N-dealkylation sites (tertiary alicyclic amines) is 2. The van der Waals surface area contributed by atoms with Gasteiger partial charge in [0, 0.05) is 44.4 Å². The highest BCUT2D eigenvalue weighted by molar-refractivity contribution is 5.78. The number of amides is 2. The molecular formula is C25H36N2O3. The van der Waals surface area contributed by atoms with Crippen LogP contribution in [0.5, 0.6) is 5.75 Å². The number of hydrogen-bond donors (Lipinski definition) is 0. The molecule has 0 radical (unpaired) electrons. The van der Waals surface area contributed by atoms with Crippen LogP contribution in [0.4, 0.5) is 0 Å². The molecule has 2 heterocycles. The van der Waals surface area contributed by atoms with Gasteiger partial charge in [-0.05, 0) is 55.6 Å². The van der Waals surface area contributed by atoms with E-state index in [2.05, 4.69) is 4.90 Å². The van der Waals surface area contributed by atoms with Crippen molar-refractivity contribution in [2.75, 3.05) is 32.8 Å². The highest BCUT2D eigenvalue weighted by atomic mass is 16.5. The number of hydrogen-bond acceptors (Lipinski definition) is 3. The number of carbonyl (C=O) groups excluding carboxylic acids is 2. The first-order valence-corrected chi connectivity index (χ1v) is 11.8. The molecule has 2 amide bonds. The average Bonchev–Trinajstić information content (AvgIpc) is 3.47. The molecule has 3 fully saturated rings. The summed E-state index contributed by atoms with van der Waals surface area (Å²) in [4.78, 5) is 29.3. The fourth-order valence-electron chi connectivity index (χ4n) is 5.14. The minimum atomic E-state index is 0.0654. The highest BCUT2D eigenvalue weighted by Gasteiger charge is 2.42. The monoisotopic (exact) mass is 412 g/mol. The van der Waals surface area contributed by atoms with Gasteiger partial charge in [0.15, 0.2) is 0 Å². The van der Waals surface area contributed by atoms with Gasteiger partial charge in [0.2, 0.25) is 11.8 Å². The predicted molar refractivity (Wildman–Crippen MR) is 117 cm³/mol. The Labute approximate surface area is 180 Å². The van der Waals surface area contributed by atoms with Gasteiger partial charge in [0.1, 0.15) is 5.75 Å². The summed E-state index contributed by atoms with van der Waals surface area (Å²) in [5.74, 6) is 3.58. The normalized spacial score (nSPS) is 25.0. The Morgan fingerprint density at radius 1 is 1.00 bits per heavy atom. The van der Waals surface area contributed by atoms with Crippen LogP contribution in [0.1, 0.15) is 46.0 Å². The number of benzene rings is 1. The molecule has 0 aromatic heterocycles. The summed E-state index contributed by atoms with van der Waals surface area (Å²) in [6, 6.07) is 9.98. The van der Waals surface area contributed by atoms with Crippen molar-refractivity contribution in [3.8, 4) is 5.75 Å². The number of para-hydroxylation sites is 1. The molecule has 0 N–H and O–H groups in total. The van der Waals surface area contributed by atoms with E-state index in [4.69, 9.17) is 4.74 Å². The SMILES string of the molecule is CC(C)C(=O)N1CCC([C@@H]2CN(C(=O)CC3CC3)C[C@H]2COc2ccccc2)CC1. The van der Waals surface area contributed by atoms with E-state index in [1.165, 1.54) is 12.8 Å². The molecule has 5 heteroatoms. The Morgan fingerprint density at radius 2 is 1.70 bits per heavy atom. The summed E-state index contributed by atoms with van der Waals surface area (Å²) in [6.07, 6.45) is 5.23. The summed E-state index contributed by atoms with van der Waals surface area (Å²) >= 11 is 0. The van der Waals surface area contributed by atoms with Gasteiger partial charge in [-0.3, -0.25) is 9.59 Å². The van der Waals surface area contributed by atoms with Crippen LogP contribution >= 0.6 is 0 Å². The molecule has 0 unspecified atom stereocenters. The van der Waals surface area contributed by atoms with Crippen LogP contribution in [0.15, 0.2) is 30.3 Å². The zero-order valence-corrected chi connectivity index (χ0v) is 18.5. The lowest BCUT2D eigenvalue weighted by atomic mass is 9.78. The van der Waals surface area contributed by atoms with Gasteiger partial charge >= 0.3 is 0 Å². The summed E-state index contributed by atoms with van der Waals surface area (Å²) in [6.45, 7) is 7.98. The van der Waals surface area contributed by atoms with Crippen molar-refractivity contribution in [2.24, 2.45) is 29.6 Å². The first-order chi connectivity index (χ1) is 14.5. The van der Waals surface area contributed by atoms with Gasteiger partial charge in [-0.25, -0.2) is 0 Å². The van der Waals surface area contributed by atoms with Crippen LogP contribution in [0.2, 0.25) is 0 Å². The van der Waals surface area contributed by atoms with E-state index in [9.17, 15) is 9.59 Å². The number of rotatable bonds is 7. The van der Waals surface area contributed by atoms with Crippen molar-refractivity contribution in [3.05, 3.63) is 30.3 Å². The third-order valence-corrected chi connectivity index (χ3v) is 7.16. The average molecular weight is 413 g/mol. The highest BCUT2D eigenvalue weighted by Crippen LogP contribution is 2.38. The molecular weight excluding hydrogens is 376 g/mol. The molecule has 1 aromatic carbocycles. The molecule has 1 saturated carbocycles. The second-order valence-corrected chi connectivity index (χ2v) is 9.81. The Balaban J connectivity index is 1.38. The zero-order valence-electron chi connectivity index (χ0n) is 18.5. The van der Waals surface area contributed by atoms with Crippen LogP contribution in [0, 0.1) is 29.6 Å². The van der Waals surface area contributed by atoms with E-state index in [-0.39, 0.29) is 11.8 Å². The topological polar surface area (TPSA) is 49.9 Å². The quantitative estimate of drug-likeness (QED) is 0.684. The van der Waals surface area contributed by atoms with Crippen molar-refractivity contribution in [2.45, 2.75) is 46.0 Å². The smallest absolute Gasteiger partial charge is 0.225 e. The van der Waals surface area contributed by atoms with Gasteiger partial charge in [-0.2, -0.15) is 0 Å².